The van der Waals surface area contributed by atoms with E-state index in [9.17, 15) is 9.59 Å². The van der Waals surface area contributed by atoms with Crippen molar-refractivity contribution in [1.29, 1.82) is 0 Å². The molecule has 3 atom stereocenters. The molecule has 3 unspecified atom stereocenters. The van der Waals surface area contributed by atoms with Crippen LogP contribution in [-0.4, -0.2) is 42.5 Å². The molecule has 5 heteroatoms. The zero-order valence-corrected chi connectivity index (χ0v) is 20.5. The van der Waals surface area contributed by atoms with Gasteiger partial charge in [0.15, 0.2) is 0 Å². The van der Waals surface area contributed by atoms with Crippen LogP contribution in [0.3, 0.4) is 0 Å². The van der Waals surface area contributed by atoms with Gasteiger partial charge in [-0.1, -0.05) is 47.5 Å². The second kappa shape index (κ2) is 11.4. The fraction of sp³-hybridized carbons (Fsp3) is 0.920. The van der Waals surface area contributed by atoms with Crippen LogP contribution in [0.5, 0.6) is 0 Å². The van der Waals surface area contributed by atoms with Crippen LogP contribution in [0, 0.1) is 35.5 Å². The third-order valence-electron chi connectivity index (χ3n) is 8.09. The zero-order valence-electron chi connectivity index (χ0n) is 20.5. The van der Waals surface area contributed by atoms with Crippen molar-refractivity contribution >= 4 is 11.9 Å². The molecule has 0 heterocycles. The van der Waals surface area contributed by atoms with E-state index in [1.54, 1.807) is 6.92 Å². The van der Waals surface area contributed by atoms with Gasteiger partial charge in [0.05, 0.1) is 0 Å². The molecular weight excluding hydrogens is 374 g/mol. The van der Waals surface area contributed by atoms with E-state index in [4.69, 9.17) is 0 Å². The Hall–Kier alpha value is -1.26. The van der Waals surface area contributed by atoms with E-state index in [1.165, 1.54) is 12.8 Å². The molecule has 3 amide bonds. The minimum atomic E-state index is 0.0828. The second-order valence-corrected chi connectivity index (χ2v) is 10.6. The van der Waals surface area contributed by atoms with Crippen LogP contribution >= 0.6 is 0 Å². The molecule has 2 rings (SSSR count). The van der Waals surface area contributed by atoms with Gasteiger partial charge in [0.25, 0.3) is 0 Å². The molecule has 5 nitrogen and oxygen atoms in total. The van der Waals surface area contributed by atoms with E-state index in [0.717, 1.165) is 56.4 Å². The number of hydrogen-bond donors (Lipinski definition) is 2. The van der Waals surface area contributed by atoms with Crippen LogP contribution in [0.15, 0.2) is 0 Å². The normalized spacial score (nSPS) is 28.7. The third-order valence-corrected chi connectivity index (χ3v) is 8.09. The van der Waals surface area contributed by atoms with Gasteiger partial charge in [-0.05, 0) is 67.6 Å². The Morgan fingerprint density at radius 1 is 0.900 bits per heavy atom. The van der Waals surface area contributed by atoms with Crippen LogP contribution in [0.2, 0.25) is 0 Å². The Kier molecular flexibility index (Phi) is 9.49. The molecule has 174 valence electrons. The highest BCUT2D eigenvalue weighted by Gasteiger charge is 2.38. The summed E-state index contributed by atoms with van der Waals surface area (Å²) in [4.78, 5) is 25.7. The highest BCUT2D eigenvalue weighted by atomic mass is 16.2. The number of hydrogen-bond acceptors (Lipinski definition) is 2. The van der Waals surface area contributed by atoms with Gasteiger partial charge in [-0.15, -0.1) is 0 Å². The molecule has 2 N–H and O–H groups in total. The molecule has 0 aliphatic heterocycles. The quantitative estimate of drug-likeness (QED) is 0.490. The van der Waals surface area contributed by atoms with Crippen LogP contribution in [0.4, 0.5) is 4.79 Å². The lowest BCUT2D eigenvalue weighted by Crippen LogP contribution is -2.51. The number of nitrogens with one attached hydrogen (secondary N) is 2. The van der Waals surface area contributed by atoms with E-state index in [2.05, 4.69) is 45.3 Å². The average Bonchev–Trinajstić information content (AvgIpc) is 2.62. The van der Waals surface area contributed by atoms with Gasteiger partial charge >= 0.3 is 6.03 Å². The van der Waals surface area contributed by atoms with Gasteiger partial charge in [-0.3, -0.25) is 4.79 Å². The summed E-state index contributed by atoms with van der Waals surface area (Å²) in [5, 5.41) is 6.29. The summed E-state index contributed by atoms with van der Waals surface area (Å²) in [6.07, 6.45) is 7.96. The summed E-state index contributed by atoms with van der Waals surface area (Å²) in [5.41, 5.74) is 0. The van der Waals surface area contributed by atoms with Crippen LogP contribution < -0.4 is 10.6 Å². The monoisotopic (exact) mass is 421 g/mol. The van der Waals surface area contributed by atoms with Gasteiger partial charge in [-0.2, -0.15) is 0 Å². The van der Waals surface area contributed by atoms with E-state index < -0.39 is 0 Å². The lowest BCUT2D eigenvalue weighted by atomic mass is 9.67. The topological polar surface area (TPSA) is 61.4 Å². The van der Waals surface area contributed by atoms with Crippen LogP contribution in [0.1, 0.15) is 86.5 Å². The van der Waals surface area contributed by atoms with E-state index in [-0.39, 0.29) is 11.9 Å². The van der Waals surface area contributed by atoms with Crippen molar-refractivity contribution in [3.63, 3.8) is 0 Å². The average molecular weight is 422 g/mol. The number of amides is 3. The van der Waals surface area contributed by atoms with Crippen LogP contribution in [-0.2, 0) is 4.79 Å². The van der Waals surface area contributed by atoms with Gasteiger partial charge in [0.2, 0.25) is 5.91 Å². The summed E-state index contributed by atoms with van der Waals surface area (Å²) in [6, 6.07) is 0.821. The van der Waals surface area contributed by atoms with Gasteiger partial charge < -0.3 is 15.5 Å². The number of carbonyl (C=O) groups excluding carboxylic acids is 2. The predicted octanol–water partition coefficient (Wildman–Crippen LogP) is 5.06. The Labute approximate surface area is 185 Å². The first kappa shape index (κ1) is 25.0. The SMILES string of the molecule is CCC(C(C)C)C1CC(NC(=O)N(C)CCC(C)C(CC)C2CC(NC(C)=O)C2)C1. The Bertz CT molecular complexity index is 553. The first-order valence-corrected chi connectivity index (χ1v) is 12.4. The molecule has 0 aromatic carbocycles. The summed E-state index contributed by atoms with van der Waals surface area (Å²) in [5.74, 6) is 4.37. The molecule has 0 radical (unpaired) electrons. The number of rotatable bonds is 11. The smallest absolute Gasteiger partial charge is 0.317 e. The van der Waals surface area contributed by atoms with Gasteiger partial charge in [-0.25, -0.2) is 4.79 Å². The number of nitrogens with zero attached hydrogens (tertiary/aromatic N) is 1. The first-order valence-electron chi connectivity index (χ1n) is 12.4. The molecule has 0 aromatic rings. The van der Waals surface area contributed by atoms with Crippen molar-refractivity contribution in [2.24, 2.45) is 35.5 Å². The summed E-state index contributed by atoms with van der Waals surface area (Å²) < 4.78 is 0. The molecule has 2 aliphatic rings. The maximum Gasteiger partial charge on any atom is 0.317 e. The minimum absolute atomic E-state index is 0.0828. The summed E-state index contributed by atoms with van der Waals surface area (Å²) in [7, 11) is 1.93. The van der Waals surface area contributed by atoms with Crippen molar-refractivity contribution in [3.05, 3.63) is 0 Å². The standard InChI is InChI=1S/C25H47N3O2/c1-8-23(16(3)4)19-12-22(13-19)27-25(30)28(7)11-10-17(5)24(9-2)20-14-21(15-20)26-18(6)29/h16-17,19-24H,8-15H2,1-7H3,(H,26,29)(H,27,30). The summed E-state index contributed by atoms with van der Waals surface area (Å²) in [6.45, 7) is 14.0. The van der Waals surface area contributed by atoms with Gasteiger partial charge in [0.1, 0.15) is 0 Å². The lowest BCUT2D eigenvalue weighted by molar-refractivity contribution is -0.120. The third kappa shape index (κ3) is 6.62. The molecule has 2 saturated carbocycles. The zero-order chi connectivity index (χ0) is 22.4. The minimum Gasteiger partial charge on any atom is -0.354 e. The van der Waals surface area contributed by atoms with Crippen LogP contribution in [0.25, 0.3) is 0 Å². The first-order chi connectivity index (χ1) is 14.2. The van der Waals surface area contributed by atoms with Crippen molar-refractivity contribution in [2.75, 3.05) is 13.6 Å². The second-order valence-electron chi connectivity index (χ2n) is 10.6. The van der Waals surface area contributed by atoms with Crippen molar-refractivity contribution < 1.29 is 9.59 Å². The molecular formula is C25H47N3O2. The van der Waals surface area contributed by atoms with E-state index in [0.29, 0.717) is 29.8 Å². The molecule has 0 aromatic heterocycles. The molecule has 0 bridgehead atoms. The van der Waals surface area contributed by atoms with Gasteiger partial charge in [0, 0.05) is 32.6 Å². The molecule has 0 saturated heterocycles. The maximum absolute atomic E-state index is 12.6. The Morgan fingerprint density at radius 3 is 1.87 bits per heavy atom. The van der Waals surface area contributed by atoms with Crippen molar-refractivity contribution in [3.8, 4) is 0 Å². The number of urea groups is 1. The fourth-order valence-corrected chi connectivity index (χ4v) is 6.09. The van der Waals surface area contributed by atoms with Crippen molar-refractivity contribution in [2.45, 2.75) is 98.6 Å². The fourth-order valence-electron chi connectivity index (χ4n) is 6.09. The molecule has 30 heavy (non-hydrogen) atoms. The largest absolute Gasteiger partial charge is 0.354 e. The predicted molar refractivity (Wildman–Crippen MR) is 124 cm³/mol. The van der Waals surface area contributed by atoms with E-state index >= 15 is 0 Å². The molecule has 0 spiro atoms. The Morgan fingerprint density at radius 2 is 1.40 bits per heavy atom. The summed E-state index contributed by atoms with van der Waals surface area (Å²) >= 11 is 0. The highest BCUT2D eigenvalue weighted by molar-refractivity contribution is 5.74. The maximum atomic E-state index is 12.6. The number of carbonyl (C=O) groups is 2. The highest BCUT2D eigenvalue weighted by Crippen LogP contribution is 2.41. The van der Waals surface area contributed by atoms with Crippen molar-refractivity contribution in [1.82, 2.24) is 15.5 Å². The lowest BCUT2D eigenvalue weighted by Gasteiger charge is -2.43. The molecule has 2 aliphatic carbocycles. The molecule has 2 fully saturated rings. The van der Waals surface area contributed by atoms with E-state index in [1.807, 2.05) is 11.9 Å². The Balaban J connectivity index is 1.67.